The highest BCUT2D eigenvalue weighted by molar-refractivity contribution is 7.89. The van der Waals surface area contributed by atoms with Gasteiger partial charge in [0, 0.05) is 27.2 Å². The smallest absolute Gasteiger partial charge is 0.257 e. The van der Waals surface area contributed by atoms with Gasteiger partial charge >= 0.3 is 0 Å². The largest absolute Gasteiger partial charge is 0.492 e. The highest BCUT2D eigenvalue weighted by Gasteiger charge is 2.37. The van der Waals surface area contributed by atoms with Crippen molar-refractivity contribution < 1.29 is 17.9 Å². The molecule has 0 radical (unpaired) electrons. The fraction of sp³-hybridized carbons (Fsp3) is 0.562. The Hall–Kier alpha value is -1.60. The maximum atomic E-state index is 12.8. The first-order valence-corrected chi connectivity index (χ1v) is 9.37. The minimum absolute atomic E-state index is 0.139. The zero-order chi connectivity index (χ0) is 16.6. The second-order valence-corrected chi connectivity index (χ2v) is 8.66. The summed E-state index contributed by atoms with van der Waals surface area (Å²) in [6.45, 7) is 1.32. The molecular formula is C16H22N2O4S. The summed E-state index contributed by atoms with van der Waals surface area (Å²) < 4.78 is 31.4. The van der Waals surface area contributed by atoms with E-state index in [1.807, 2.05) is 12.1 Å². The van der Waals surface area contributed by atoms with Gasteiger partial charge in [0.1, 0.15) is 5.75 Å². The Morgan fingerprint density at radius 1 is 1.35 bits per heavy atom. The average molecular weight is 338 g/mol. The minimum Gasteiger partial charge on any atom is -0.492 e. The summed E-state index contributed by atoms with van der Waals surface area (Å²) >= 11 is 0. The van der Waals surface area contributed by atoms with Crippen molar-refractivity contribution in [3.05, 3.63) is 29.3 Å². The van der Waals surface area contributed by atoms with Crippen molar-refractivity contribution in [2.24, 2.45) is 0 Å². The van der Waals surface area contributed by atoms with Gasteiger partial charge in [-0.05, 0) is 30.9 Å². The number of carbonyl (C=O) groups excluding carboxylic acids is 1. The molecule has 1 aromatic carbocycles. The van der Waals surface area contributed by atoms with Gasteiger partial charge in [0.15, 0.2) is 0 Å². The molecule has 0 aliphatic carbocycles. The first kappa shape index (κ1) is 16.3. The van der Waals surface area contributed by atoms with E-state index in [1.54, 1.807) is 11.0 Å². The van der Waals surface area contributed by atoms with Crippen molar-refractivity contribution in [1.82, 2.24) is 9.21 Å². The van der Waals surface area contributed by atoms with E-state index >= 15 is 0 Å². The molecule has 1 amide bonds. The van der Waals surface area contributed by atoms with Crippen LogP contribution in [-0.2, 0) is 16.4 Å². The number of para-hydroxylation sites is 1. The standard InChI is InChI=1S/C16H22N2O4S/c1-17(2)23(20,21)13-8-9-18(11-13)16(19)14-7-3-5-12-6-4-10-22-15(12)14/h3,5,7,13H,4,6,8-11H2,1-2H3. The van der Waals surface area contributed by atoms with Gasteiger partial charge < -0.3 is 9.64 Å². The number of carbonyl (C=O) groups is 1. The predicted octanol–water partition coefficient (Wildman–Crippen LogP) is 1.12. The van der Waals surface area contributed by atoms with Crippen LogP contribution < -0.4 is 4.74 Å². The van der Waals surface area contributed by atoms with E-state index in [4.69, 9.17) is 4.74 Å². The molecular weight excluding hydrogens is 316 g/mol. The molecule has 1 unspecified atom stereocenters. The van der Waals surface area contributed by atoms with Crippen molar-refractivity contribution >= 4 is 15.9 Å². The molecule has 0 saturated carbocycles. The quantitative estimate of drug-likeness (QED) is 0.828. The molecule has 2 aliphatic heterocycles. The third-order valence-electron chi connectivity index (χ3n) is 4.53. The lowest BCUT2D eigenvalue weighted by Crippen LogP contribution is -2.37. The molecule has 1 atom stereocenters. The fourth-order valence-corrected chi connectivity index (χ4v) is 4.55. The zero-order valence-electron chi connectivity index (χ0n) is 13.5. The number of likely N-dealkylation sites (tertiary alicyclic amines) is 1. The topological polar surface area (TPSA) is 66.9 Å². The molecule has 2 aliphatic rings. The van der Waals surface area contributed by atoms with Gasteiger partial charge in [0.25, 0.3) is 5.91 Å². The van der Waals surface area contributed by atoms with Gasteiger partial charge in [-0.15, -0.1) is 0 Å². The van der Waals surface area contributed by atoms with Crippen LogP contribution in [-0.4, -0.2) is 62.6 Å². The number of sulfonamides is 1. The molecule has 0 aromatic heterocycles. The van der Waals surface area contributed by atoms with E-state index in [2.05, 4.69) is 0 Å². The summed E-state index contributed by atoms with van der Waals surface area (Å²) in [5.41, 5.74) is 1.60. The second-order valence-electron chi connectivity index (χ2n) is 6.24. The molecule has 0 spiro atoms. The number of nitrogens with zero attached hydrogens (tertiary/aromatic N) is 2. The Balaban J connectivity index is 1.81. The lowest BCUT2D eigenvalue weighted by Gasteiger charge is -2.23. The van der Waals surface area contributed by atoms with Gasteiger partial charge in [-0.2, -0.15) is 0 Å². The Labute approximate surface area is 137 Å². The Kier molecular flexibility index (Phi) is 4.33. The average Bonchev–Trinajstić information content (AvgIpc) is 3.04. The maximum Gasteiger partial charge on any atom is 0.257 e. The summed E-state index contributed by atoms with van der Waals surface area (Å²) in [5, 5.41) is -0.526. The summed E-state index contributed by atoms with van der Waals surface area (Å²) in [5.74, 6) is 0.530. The third kappa shape index (κ3) is 2.95. The fourth-order valence-electron chi connectivity index (χ4n) is 3.18. The molecule has 2 heterocycles. The van der Waals surface area contributed by atoms with Gasteiger partial charge in [-0.25, -0.2) is 12.7 Å². The van der Waals surface area contributed by atoms with Crippen molar-refractivity contribution in [3.8, 4) is 5.75 Å². The van der Waals surface area contributed by atoms with Crippen LogP contribution in [0.3, 0.4) is 0 Å². The SMILES string of the molecule is CN(C)S(=O)(=O)C1CCN(C(=O)c2cccc3c2OCCC3)C1. The Morgan fingerprint density at radius 3 is 2.87 bits per heavy atom. The van der Waals surface area contributed by atoms with E-state index < -0.39 is 15.3 Å². The van der Waals surface area contributed by atoms with Gasteiger partial charge in [0.2, 0.25) is 10.0 Å². The molecule has 7 heteroatoms. The highest BCUT2D eigenvalue weighted by atomic mass is 32.2. The number of rotatable bonds is 3. The molecule has 126 valence electrons. The number of aryl methyl sites for hydroxylation is 1. The normalized spacial score (nSPS) is 21.2. The van der Waals surface area contributed by atoms with E-state index in [1.165, 1.54) is 18.4 Å². The lowest BCUT2D eigenvalue weighted by atomic mass is 10.0. The van der Waals surface area contributed by atoms with Crippen LogP contribution in [0.4, 0.5) is 0 Å². The van der Waals surface area contributed by atoms with Gasteiger partial charge in [0.05, 0.1) is 17.4 Å². The molecule has 3 rings (SSSR count). The number of ether oxygens (including phenoxy) is 1. The Bertz CT molecular complexity index is 715. The van der Waals surface area contributed by atoms with E-state index in [0.717, 1.165) is 18.4 Å². The summed E-state index contributed by atoms with van der Waals surface area (Å²) in [6.07, 6.45) is 2.34. The van der Waals surface area contributed by atoms with Crippen LogP contribution in [0.15, 0.2) is 18.2 Å². The van der Waals surface area contributed by atoms with Gasteiger partial charge in [-0.3, -0.25) is 4.79 Å². The summed E-state index contributed by atoms with van der Waals surface area (Å²) in [4.78, 5) is 14.4. The highest BCUT2D eigenvalue weighted by Crippen LogP contribution is 2.31. The van der Waals surface area contributed by atoms with Crippen molar-refractivity contribution in [2.45, 2.75) is 24.5 Å². The summed E-state index contributed by atoms with van der Waals surface area (Å²) in [6, 6.07) is 5.61. The predicted molar refractivity (Wildman–Crippen MR) is 87.2 cm³/mol. The van der Waals surface area contributed by atoms with Crippen molar-refractivity contribution in [2.75, 3.05) is 33.8 Å². The number of fused-ring (bicyclic) bond motifs is 1. The number of amides is 1. The van der Waals surface area contributed by atoms with Crippen LogP contribution in [0.2, 0.25) is 0 Å². The maximum absolute atomic E-state index is 12.8. The second kappa shape index (κ2) is 6.13. The van der Waals surface area contributed by atoms with Crippen LogP contribution in [0.5, 0.6) is 5.75 Å². The molecule has 0 bridgehead atoms. The monoisotopic (exact) mass is 338 g/mol. The number of hydrogen-bond donors (Lipinski definition) is 0. The van der Waals surface area contributed by atoms with Crippen LogP contribution >= 0.6 is 0 Å². The molecule has 1 saturated heterocycles. The molecule has 0 N–H and O–H groups in total. The lowest BCUT2D eigenvalue weighted by molar-refractivity contribution is 0.0787. The molecule has 1 fully saturated rings. The molecule has 23 heavy (non-hydrogen) atoms. The zero-order valence-corrected chi connectivity index (χ0v) is 14.3. The van der Waals surface area contributed by atoms with E-state index in [-0.39, 0.29) is 12.5 Å². The number of hydrogen-bond acceptors (Lipinski definition) is 4. The molecule has 1 aromatic rings. The first-order chi connectivity index (χ1) is 10.9. The van der Waals surface area contributed by atoms with Crippen LogP contribution in [0.1, 0.15) is 28.8 Å². The third-order valence-corrected chi connectivity index (χ3v) is 6.77. The van der Waals surface area contributed by atoms with Crippen molar-refractivity contribution in [1.29, 1.82) is 0 Å². The molecule has 6 nitrogen and oxygen atoms in total. The van der Waals surface area contributed by atoms with Crippen LogP contribution in [0, 0.1) is 0 Å². The summed E-state index contributed by atoms with van der Waals surface area (Å²) in [7, 11) is -0.276. The van der Waals surface area contributed by atoms with Crippen molar-refractivity contribution in [3.63, 3.8) is 0 Å². The van der Waals surface area contributed by atoms with Crippen LogP contribution in [0.25, 0.3) is 0 Å². The Morgan fingerprint density at radius 2 is 2.13 bits per heavy atom. The first-order valence-electron chi connectivity index (χ1n) is 7.86. The van der Waals surface area contributed by atoms with E-state index in [0.29, 0.717) is 30.9 Å². The van der Waals surface area contributed by atoms with Gasteiger partial charge in [-0.1, -0.05) is 12.1 Å². The number of benzene rings is 1. The minimum atomic E-state index is -3.33. The van der Waals surface area contributed by atoms with E-state index in [9.17, 15) is 13.2 Å².